The molecule has 2 bridgehead atoms. The standard InChI is InChI=1S/C31H41BrN2O6/c1-5-7-8-11-17-39-30(38)24-25-28(36)34(15-9-10-16-35)27(31(25)19-22(32)26(24)40-31)29(37)33(14-6-2)23-18-20(3)12-13-21(23)4/h5-6,12-13,18,22,24-27,35H,1-2,7-11,14-17,19H2,3-4H3/t22?,24-,25+,26-,27?,31?/m1/s1. The van der Waals surface area contributed by atoms with E-state index in [1.165, 1.54) is 0 Å². The van der Waals surface area contributed by atoms with Crippen molar-refractivity contribution in [1.29, 1.82) is 0 Å². The summed E-state index contributed by atoms with van der Waals surface area (Å²) in [6.07, 6.45) is 6.81. The number of carbonyl (C=O) groups excluding carboxylic acids is 3. The summed E-state index contributed by atoms with van der Waals surface area (Å²) in [5.74, 6) is -2.57. The lowest BCUT2D eigenvalue weighted by Crippen LogP contribution is -2.57. The lowest BCUT2D eigenvalue weighted by Gasteiger charge is -2.37. The Balaban J connectivity index is 1.70. The van der Waals surface area contributed by atoms with Crippen LogP contribution in [-0.4, -0.2) is 76.7 Å². The summed E-state index contributed by atoms with van der Waals surface area (Å²) in [7, 11) is 0. The first kappa shape index (κ1) is 30.5. The highest BCUT2D eigenvalue weighted by molar-refractivity contribution is 9.09. The van der Waals surface area contributed by atoms with Gasteiger partial charge in [-0.2, -0.15) is 0 Å². The van der Waals surface area contributed by atoms with E-state index in [1.807, 2.05) is 38.1 Å². The van der Waals surface area contributed by atoms with Gasteiger partial charge in [-0.25, -0.2) is 0 Å². The van der Waals surface area contributed by atoms with Crippen LogP contribution in [0.25, 0.3) is 0 Å². The molecule has 9 heteroatoms. The van der Waals surface area contributed by atoms with E-state index < -0.39 is 35.6 Å². The Hall–Kier alpha value is -2.49. The quantitative estimate of drug-likeness (QED) is 0.145. The van der Waals surface area contributed by atoms with E-state index >= 15 is 0 Å². The van der Waals surface area contributed by atoms with Gasteiger partial charge in [0.2, 0.25) is 5.91 Å². The van der Waals surface area contributed by atoms with Gasteiger partial charge in [-0.05, 0) is 69.6 Å². The lowest BCUT2D eigenvalue weighted by molar-refractivity contribution is -0.155. The van der Waals surface area contributed by atoms with Gasteiger partial charge < -0.3 is 24.4 Å². The van der Waals surface area contributed by atoms with Crippen LogP contribution in [0.15, 0.2) is 43.5 Å². The summed E-state index contributed by atoms with van der Waals surface area (Å²) in [6.45, 7) is 12.3. The summed E-state index contributed by atoms with van der Waals surface area (Å²) >= 11 is 3.70. The van der Waals surface area contributed by atoms with Crippen molar-refractivity contribution < 1.29 is 29.0 Å². The third-order valence-electron chi connectivity index (χ3n) is 8.38. The summed E-state index contributed by atoms with van der Waals surface area (Å²) in [5, 5.41) is 9.41. The van der Waals surface area contributed by atoms with Gasteiger partial charge in [-0.15, -0.1) is 13.2 Å². The largest absolute Gasteiger partial charge is 0.465 e. The van der Waals surface area contributed by atoms with Crippen molar-refractivity contribution in [3.05, 3.63) is 54.6 Å². The number of carbonyl (C=O) groups is 3. The third kappa shape index (κ3) is 5.52. The second-order valence-corrected chi connectivity index (χ2v) is 12.3. The Bertz CT molecular complexity index is 1140. The molecule has 6 atom stereocenters. The molecule has 3 saturated heterocycles. The number of likely N-dealkylation sites (tertiary alicyclic amines) is 1. The highest BCUT2D eigenvalue weighted by Crippen LogP contribution is 2.60. The van der Waals surface area contributed by atoms with Crippen molar-refractivity contribution in [3.8, 4) is 0 Å². The van der Waals surface area contributed by atoms with E-state index in [2.05, 4.69) is 29.1 Å². The maximum absolute atomic E-state index is 14.6. The number of allylic oxidation sites excluding steroid dienone is 1. The zero-order valence-electron chi connectivity index (χ0n) is 23.5. The number of nitrogens with zero attached hydrogens (tertiary/aromatic N) is 2. The fourth-order valence-corrected chi connectivity index (χ4v) is 7.51. The SMILES string of the molecule is C=CCCCCOC(=O)[C@H]1[C@@H]2OC3(CC2Br)C(C(=O)N(CC=C)c2cc(C)ccc2C)N(CCCCO)C(=O)[C@H]13. The Morgan fingerprint density at radius 3 is 2.70 bits per heavy atom. The topological polar surface area (TPSA) is 96.4 Å². The van der Waals surface area contributed by atoms with Crippen molar-refractivity contribution in [2.75, 3.05) is 31.2 Å². The highest BCUT2D eigenvalue weighted by Gasteiger charge is 2.77. The lowest BCUT2D eigenvalue weighted by atomic mass is 9.70. The molecule has 0 aromatic heterocycles. The number of fused-ring (bicyclic) bond motifs is 1. The molecule has 3 aliphatic heterocycles. The molecule has 1 aromatic carbocycles. The second kappa shape index (κ2) is 13.0. The van der Waals surface area contributed by atoms with E-state index in [4.69, 9.17) is 9.47 Å². The third-order valence-corrected chi connectivity index (χ3v) is 9.23. The molecule has 40 heavy (non-hydrogen) atoms. The minimum absolute atomic E-state index is 0.0108. The first-order valence-corrected chi connectivity index (χ1v) is 15.1. The summed E-state index contributed by atoms with van der Waals surface area (Å²) in [5.41, 5.74) is 1.54. The number of benzene rings is 1. The van der Waals surface area contributed by atoms with Crippen LogP contribution in [0.2, 0.25) is 0 Å². The molecule has 3 heterocycles. The fraction of sp³-hybridized carbons (Fsp3) is 0.581. The molecule has 2 amide bonds. The molecule has 218 valence electrons. The Labute approximate surface area is 245 Å². The van der Waals surface area contributed by atoms with Gasteiger partial charge in [0.05, 0.1) is 24.5 Å². The molecule has 1 N–H and O–H groups in total. The molecule has 0 aliphatic carbocycles. The molecular formula is C31H41BrN2O6. The number of hydrogen-bond donors (Lipinski definition) is 1. The van der Waals surface area contributed by atoms with E-state index in [-0.39, 0.29) is 42.9 Å². The van der Waals surface area contributed by atoms with E-state index in [0.717, 1.165) is 29.7 Å². The zero-order valence-corrected chi connectivity index (χ0v) is 25.1. The first-order valence-electron chi connectivity index (χ1n) is 14.2. The van der Waals surface area contributed by atoms with E-state index in [0.29, 0.717) is 25.7 Å². The van der Waals surface area contributed by atoms with Gasteiger partial charge in [0.25, 0.3) is 5.91 Å². The predicted octanol–water partition coefficient (Wildman–Crippen LogP) is 4.24. The van der Waals surface area contributed by atoms with Crippen LogP contribution >= 0.6 is 15.9 Å². The Kier molecular flexibility index (Phi) is 9.90. The van der Waals surface area contributed by atoms with Crippen LogP contribution in [0.3, 0.4) is 0 Å². The first-order chi connectivity index (χ1) is 19.2. The van der Waals surface area contributed by atoms with Crippen LogP contribution in [-0.2, 0) is 23.9 Å². The monoisotopic (exact) mass is 616 g/mol. The number of anilines is 1. The number of hydrogen-bond acceptors (Lipinski definition) is 6. The molecule has 3 unspecified atom stereocenters. The van der Waals surface area contributed by atoms with Crippen LogP contribution in [0.1, 0.15) is 49.7 Å². The van der Waals surface area contributed by atoms with Gasteiger partial charge in [-0.3, -0.25) is 14.4 Å². The average molecular weight is 618 g/mol. The van der Waals surface area contributed by atoms with Crippen LogP contribution in [0.5, 0.6) is 0 Å². The van der Waals surface area contributed by atoms with Crippen LogP contribution in [0.4, 0.5) is 5.69 Å². The highest BCUT2D eigenvalue weighted by atomic mass is 79.9. The number of amides is 2. The normalized spacial score (nSPS) is 28.4. The Morgan fingerprint density at radius 1 is 1.23 bits per heavy atom. The molecular weight excluding hydrogens is 576 g/mol. The zero-order chi connectivity index (χ0) is 29.0. The average Bonchev–Trinajstić information content (AvgIpc) is 3.52. The minimum atomic E-state index is -1.16. The number of halogens is 1. The van der Waals surface area contributed by atoms with Crippen molar-refractivity contribution in [1.82, 2.24) is 4.90 Å². The molecule has 1 aromatic rings. The van der Waals surface area contributed by atoms with Crippen molar-refractivity contribution in [2.24, 2.45) is 11.8 Å². The number of aliphatic hydroxyl groups excluding tert-OH is 1. The van der Waals surface area contributed by atoms with Crippen LogP contribution < -0.4 is 4.90 Å². The number of alkyl halides is 1. The van der Waals surface area contributed by atoms with Crippen molar-refractivity contribution in [3.63, 3.8) is 0 Å². The molecule has 4 rings (SSSR count). The molecule has 3 aliphatic rings. The number of aliphatic hydroxyl groups is 1. The van der Waals surface area contributed by atoms with Gasteiger partial charge in [0.1, 0.15) is 11.6 Å². The summed E-state index contributed by atoms with van der Waals surface area (Å²) in [6, 6.07) is 5.01. The molecule has 1 spiro atoms. The second-order valence-electron chi connectivity index (χ2n) is 11.1. The van der Waals surface area contributed by atoms with E-state index in [1.54, 1.807) is 15.9 Å². The van der Waals surface area contributed by atoms with Crippen molar-refractivity contribution in [2.45, 2.75) is 74.9 Å². The Morgan fingerprint density at radius 2 is 2.00 bits per heavy atom. The van der Waals surface area contributed by atoms with Gasteiger partial charge in [-0.1, -0.05) is 40.2 Å². The summed E-state index contributed by atoms with van der Waals surface area (Å²) < 4.78 is 12.2. The minimum Gasteiger partial charge on any atom is -0.465 e. The fourth-order valence-electron chi connectivity index (χ4n) is 6.57. The summed E-state index contributed by atoms with van der Waals surface area (Å²) in [4.78, 5) is 45.2. The smallest absolute Gasteiger partial charge is 0.312 e. The molecule has 3 fully saturated rings. The maximum atomic E-state index is 14.6. The number of esters is 1. The molecule has 0 saturated carbocycles. The molecule has 0 radical (unpaired) electrons. The number of unbranched alkanes of at least 4 members (excludes halogenated alkanes) is 3. The predicted molar refractivity (Wildman–Crippen MR) is 157 cm³/mol. The molecule has 8 nitrogen and oxygen atoms in total. The number of aryl methyl sites for hydroxylation is 2. The number of ether oxygens (including phenoxy) is 2. The number of rotatable bonds is 14. The van der Waals surface area contributed by atoms with Gasteiger partial charge >= 0.3 is 5.97 Å². The van der Waals surface area contributed by atoms with E-state index in [9.17, 15) is 19.5 Å². The van der Waals surface area contributed by atoms with Crippen LogP contribution in [0, 0.1) is 25.7 Å². The van der Waals surface area contributed by atoms with Gasteiger partial charge in [0.15, 0.2) is 0 Å². The van der Waals surface area contributed by atoms with Crippen molar-refractivity contribution >= 4 is 39.4 Å². The maximum Gasteiger partial charge on any atom is 0.312 e. The van der Waals surface area contributed by atoms with Gasteiger partial charge in [0, 0.05) is 30.2 Å².